The highest BCUT2D eigenvalue weighted by molar-refractivity contribution is 5.75. The number of benzene rings is 1. The van der Waals surface area contributed by atoms with Crippen molar-refractivity contribution in [1.82, 2.24) is 20.0 Å². The fraction of sp³-hybridized carbons (Fsp3) is 0.154. The lowest BCUT2D eigenvalue weighted by Crippen LogP contribution is -2.21. The summed E-state index contributed by atoms with van der Waals surface area (Å²) in [6, 6.07) is 5.60. The van der Waals surface area contributed by atoms with Crippen molar-refractivity contribution in [2.24, 2.45) is 0 Å². The summed E-state index contributed by atoms with van der Waals surface area (Å²) in [5, 5.41) is 11.2. The second-order valence-electron chi connectivity index (χ2n) is 4.23. The van der Waals surface area contributed by atoms with Crippen LogP contribution in [0.1, 0.15) is 5.56 Å². The van der Waals surface area contributed by atoms with E-state index in [1.165, 1.54) is 10.9 Å². The molecule has 2 heterocycles. The molecule has 96 valence electrons. The first-order valence-corrected chi connectivity index (χ1v) is 5.77. The van der Waals surface area contributed by atoms with Crippen LogP contribution < -0.4 is 10.3 Å². The normalized spacial score (nSPS) is 10.8. The molecule has 0 aliphatic heterocycles. The molecular formula is C13H12N4O2. The molecule has 0 spiro atoms. The van der Waals surface area contributed by atoms with Crippen LogP contribution in [0.15, 0.2) is 35.4 Å². The molecule has 1 aromatic carbocycles. The van der Waals surface area contributed by atoms with Gasteiger partial charge in [0.2, 0.25) is 0 Å². The van der Waals surface area contributed by atoms with Crippen LogP contribution >= 0.6 is 0 Å². The van der Waals surface area contributed by atoms with Gasteiger partial charge in [0, 0.05) is 0 Å². The molecule has 0 bridgehead atoms. The van der Waals surface area contributed by atoms with E-state index in [-0.39, 0.29) is 5.56 Å². The summed E-state index contributed by atoms with van der Waals surface area (Å²) in [7, 11) is 1.57. The van der Waals surface area contributed by atoms with Crippen molar-refractivity contribution in [1.29, 1.82) is 0 Å². The first kappa shape index (κ1) is 11.5. The second-order valence-corrected chi connectivity index (χ2v) is 4.23. The van der Waals surface area contributed by atoms with Crippen LogP contribution in [0.4, 0.5) is 0 Å². The molecule has 6 heteroatoms. The highest BCUT2D eigenvalue weighted by Crippen LogP contribution is 2.22. The van der Waals surface area contributed by atoms with Gasteiger partial charge in [0.05, 0.1) is 30.4 Å². The lowest BCUT2D eigenvalue weighted by molar-refractivity contribution is 0.411. The summed E-state index contributed by atoms with van der Waals surface area (Å²) >= 11 is 0. The van der Waals surface area contributed by atoms with Gasteiger partial charge in [-0.3, -0.25) is 9.89 Å². The van der Waals surface area contributed by atoms with Gasteiger partial charge in [0.1, 0.15) is 11.4 Å². The molecule has 0 atom stereocenters. The van der Waals surface area contributed by atoms with Crippen molar-refractivity contribution in [3.05, 3.63) is 46.5 Å². The fourth-order valence-corrected chi connectivity index (χ4v) is 1.98. The number of rotatable bonds is 2. The van der Waals surface area contributed by atoms with Crippen molar-refractivity contribution in [3.63, 3.8) is 0 Å². The molecule has 0 saturated heterocycles. The Morgan fingerprint density at radius 2 is 2.16 bits per heavy atom. The maximum atomic E-state index is 12.4. The van der Waals surface area contributed by atoms with Crippen LogP contribution in [0.2, 0.25) is 0 Å². The monoisotopic (exact) mass is 256 g/mol. The predicted octanol–water partition coefficient (Wildman–Crippen LogP) is 1.43. The standard InChI is InChI=1S/C13H12N4O2/c1-8-3-4-12(19-2)11(5-8)17-13(18)9-6-14-16-10(9)7-15-17/h3-7H,1-2H3,(H,14,16). The van der Waals surface area contributed by atoms with Gasteiger partial charge in [-0.25, -0.2) is 0 Å². The SMILES string of the molecule is COc1ccc(C)cc1-n1ncc2[nH]ncc2c1=O. The Kier molecular flexibility index (Phi) is 2.56. The largest absolute Gasteiger partial charge is 0.494 e. The number of aromatic nitrogens is 4. The van der Waals surface area contributed by atoms with Crippen molar-refractivity contribution in [2.45, 2.75) is 6.92 Å². The third-order valence-corrected chi connectivity index (χ3v) is 2.96. The highest BCUT2D eigenvalue weighted by atomic mass is 16.5. The molecule has 3 rings (SSSR count). The van der Waals surface area contributed by atoms with Gasteiger partial charge < -0.3 is 4.74 Å². The van der Waals surface area contributed by atoms with E-state index >= 15 is 0 Å². The summed E-state index contributed by atoms with van der Waals surface area (Å²) in [6.45, 7) is 1.95. The number of nitrogens with one attached hydrogen (secondary N) is 1. The maximum Gasteiger partial charge on any atom is 0.282 e. The first-order chi connectivity index (χ1) is 9.20. The molecule has 0 radical (unpaired) electrons. The minimum Gasteiger partial charge on any atom is -0.494 e. The zero-order chi connectivity index (χ0) is 13.4. The summed E-state index contributed by atoms with van der Waals surface area (Å²) in [5.41, 5.74) is 2.04. The van der Waals surface area contributed by atoms with E-state index in [1.807, 2.05) is 25.1 Å². The van der Waals surface area contributed by atoms with E-state index in [1.54, 1.807) is 13.3 Å². The Morgan fingerprint density at radius 1 is 1.32 bits per heavy atom. The van der Waals surface area contributed by atoms with Crippen LogP contribution in [-0.4, -0.2) is 27.1 Å². The molecule has 0 saturated carbocycles. The van der Waals surface area contributed by atoms with Crippen molar-refractivity contribution >= 4 is 10.9 Å². The predicted molar refractivity (Wildman–Crippen MR) is 70.8 cm³/mol. The lowest BCUT2D eigenvalue weighted by Gasteiger charge is -2.10. The lowest BCUT2D eigenvalue weighted by atomic mass is 10.2. The summed E-state index contributed by atoms with van der Waals surface area (Å²) < 4.78 is 6.60. The number of H-pyrrole nitrogens is 1. The molecule has 0 aliphatic carbocycles. The number of hydrogen-bond acceptors (Lipinski definition) is 4. The zero-order valence-electron chi connectivity index (χ0n) is 10.5. The summed E-state index contributed by atoms with van der Waals surface area (Å²) in [6.07, 6.45) is 3.07. The molecular weight excluding hydrogens is 244 g/mol. The average molecular weight is 256 g/mol. The average Bonchev–Trinajstić information content (AvgIpc) is 2.88. The van der Waals surface area contributed by atoms with E-state index in [2.05, 4.69) is 15.3 Å². The van der Waals surface area contributed by atoms with Gasteiger partial charge in [-0.15, -0.1) is 0 Å². The van der Waals surface area contributed by atoms with Gasteiger partial charge >= 0.3 is 0 Å². The van der Waals surface area contributed by atoms with E-state index in [0.29, 0.717) is 22.3 Å². The van der Waals surface area contributed by atoms with Crippen LogP contribution in [0.3, 0.4) is 0 Å². The van der Waals surface area contributed by atoms with E-state index < -0.39 is 0 Å². The molecule has 3 aromatic rings. The third-order valence-electron chi connectivity index (χ3n) is 2.96. The number of ether oxygens (including phenoxy) is 1. The molecule has 2 aromatic heterocycles. The minimum atomic E-state index is -0.227. The quantitative estimate of drug-likeness (QED) is 0.752. The molecule has 6 nitrogen and oxygen atoms in total. The number of fused-ring (bicyclic) bond motifs is 1. The van der Waals surface area contributed by atoms with Crippen molar-refractivity contribution < 1.29 is 4.74 Å². The van der Waals surface area contributed by atoms with E-state index in [4.69, 9.17) is 4.74 Å². The van der Waals surface area contributed by atoms with Gasteiger partial charge in [0.15, 0.2) is 0 Å². The molecule has 0 unspecified atom stereocenters. The van der Waals surface area contributed by atoms with E-state index in [9.17, 15) is 4.79 Å². The first-order valence-electron chi connectivity index (χ1n) is 5.77. The van der Waals surface area contributed by atoms with Crippen LogP contribution in [0, 0.1) is 6.92 Å². The minimum absolute atomic E-state index is 0.227. The molecule has 0 fully saturated rings. The van der Waals surface area contributed by atoms with Crippen molar-refractivity contribution in [2.75, 3.05) is 7.11 Å². The topological polar surface area (TPSA) is 72.8 Å². The van der Waals surface area contributed by atoms with Gasteiger partial charge in [-0.05, 0) is 24.6 Å². The number of hydrogen-bond donors (Lipinski definition) is 1. The van der Waals surface area contributed by atoms with Crippen LogP contribution in [-0.2, 0) is 0 Å². The summed E-state index contributed by atoms with van der Waals surface area (Å²) in [4.78, 5) is 12.4. The highest BCUT2D eigenvalue weighted by Gasteiger charge is 2.11. The van der Waals surface area contributed by atoms with Crippen LogP contribution in [0.25, 0.3) is 16.6 Å². The Morgan fingerprint density at radius 3 is 2.95 bits per heavy atom. The smallest absolute Gasteiger partial charge is 0.282 e. The third kappa shape index (κ3) is 1.77. The summed E-state index contributed by atoms with van der Waals surface area (Å²) in [5.74, 6) is 0.600. The number of aromatic amines is 1. The molecule has 0 aliphatic rings. The van der Waals surface area contributed by atoms with Gasteiger partial charge in [-0.1, -0.05) is 6.07 Å². The van der Waals surface area contributed by atoms with E-state index in [0.717, 1.165) is 5.56 Å². The fourth-order valence-electron chi connectivity index (χ4n) is 1.98. The second kappa shape index (κ2) is 4.24. The van der Waals surface area contributed by atoms with Crippen LogP contribution in [0.5, 0.6) is 5.75 Å². The molecule has 0 amide bonds. The van der Waals surface area contributed by atoms with Crippen molar-refractivity contribution in [3.8, 4) is 11.4 Å². The molecule has 19 heavy (non-hydrogen) atoms. The number of aryl methyl sites for hydroxylation is 1. The molecule has 1 N–H and O–H groups in total. The maximum absolute atomic E-state index is 12.4. The Hall–Kier alpha value is -2.63. The number of methoxy groups -OCH3 is 1. The Bertz CT molecular complexity index is 804. The Balaban J connectivity index is 2.32. The van der Waals surface area contributed by atoms with Gasteiger partial charge in [-0.2, -0.15) is 14.9 Å². The zero-order valence-corrected chi connectivity index (χ0v) is 10.5. The Labute approximate surface area is 108 Å². The number of nitrogens with zero attached hydrogens (tertiary/aromatic N) is 3. The van der Waals surface area contributed by atoms with Gasteiger partial charge in [0.25, 0.3) is 5.56 Å².